The van der Waals surface area contributed by atoms with Crippen molar-refractivity contribution in [3.63, 3.8) is 0 Å². The first-order valence-corrected chi connectivity index (χ1v) is 11.2. The molecule has 1 fully saturated rings. The number of anilines is 3. The van der Waals surface area contributed by atoms with Crippen LogP contribution in [0.3, 0.4) is 0 Å². The highest BCUT2D eigenvalue weighted by atomic mass is 16.6. The molecule has 0 spiro atoms. The summed E-state index contributed by atoms with van der Waals surface area (Å²) in [5.74, 6) is -2.12. The number of hydrogen-bond acceptors (Lipinski definition) is 7. The van der Waals surface area contributed by atoms with Crippen LogP contribution in [-0.2, 0) is 9.59 Å². The van der Waals surface area contributed by atoms with Crippen molar-refractivity contribution in [1.82, 2.24) is 0 Å². The molecule has 9 heteroatoms. The lowest BCUT2D eigenvalue weighted by molar-refractivity contribution is -0.384. The maximum atomic E-state index is 13.3. The molecule has 0 aromatic heterocycles. The Labute approximate surface area is 208 Å². The van der Waals surface area contributed by atoms with E-state index in [4.69, 9.17) is 0 Å². The summed E-state index contributed by atoms with van der Waals surface area (Å²) in [7, 11) is 7.59. The Bertz CT molecular complexity index is 1360. The average molecular weight is 487 g/mol. The van der Waals surface area contributed by atoms with Crippen LogP contribution in [0.2, 0.25) is 0 Å². The van der Waals surface area contributed by atoms with Crippen LogP contribution in [0.15, 0.2) is 78.4 Å². The topological polar surface area (TPSA) is 107 Å². The summed E-state index contributed by atoms with van der Waals surface area (Å²) in [6, 6.07) is 18.9. The monoisotopic (exact) mass is 486 g/mol. The summed E-state index contributed by atoms with van der Waals surface area (Å²) in [6.07, 6.45) is 0. The molecule has 4 rings (SSSR count). The van der Waals surface area contributed by atoms with Gasteiger partial charge in [0, 0.05) is 62.9 Å². The number of nitro benzene ring substituents is 1. The van der Waals surface area contributed by atoms with Gasteiger partial charge >= 0.3 is 0 Å². The van der Waals surface area contributed by atoms with E-state index in [2.05, 4.69) is 0 Å². The molecule has 1 saturated heterocycles. The number of Topliss-reactive ketones (excluding diaryl/α,β-unsaturated/α-hetero) is 1. The zero-order valence-electron chi connectivity index (χ0n) is 20.4. The second kappa shape index (κ2) is 9.53. The molecule has 1 aliphatic rings. The minimum absolute atomic E-state index is 0.0834. The van der Waals surface area contributed by atoms with Crippen molar-refractivity contribution >= 4 is 40.2 Å². The van der Waals surface area contributed by atoms with Gasteiger partial charge in [0.2, 0.25) is 0 Å². The molecule has 1 aliphatic heterocycles. The average Bonchev–Trinajstić information content (AvgIpc) is 3.14. The number of nitro groups is 1. The Kier molecular flexibility index (Phi) is 6.48. The van der Waals surface area contributed by atoms with Gasteiger partial charge in [0.15, 0.2) is 0 Å². The Morgan fingerprint density at radius 2 is 1.44 bits per heavy atom. The summed E-state index contributed by atoms with van der Waals surface area (Å²) in [5.41, 5.74) is 2.66. The quantitative estimate of drug-likeness (QED) is 0.181. The molecule has 1 unspecified atom stereocenters. The van der Waals surface area contributed by atoms with Crippen LogP contribution in [0.1, 0.15) is 17.2 Å². The van der Waals surface area contributed by atoms with E-state index in [1.807, 2.05) is 62.3 Å². The van der Waals surface area contributed by atoms with Gasteiger partial charge in [0.1, 0.15) is 5.76 Å². The summed E-state index contributed by atoms with van der Waals surface area (Å²) in [4.78, 5) is 42.5. The Morgan fingerprint density at radius 1 is 0.889 bits per heavy atom. The minimum atomic E-state index is -0.925. The van der Waals surface area contributed by atoms with Crippen molar-refractivity contribution in [3.8, 4) is 0 Å². The number of non-ortho nitro benzene ring substituents is 1. The lowest BCUT2D eigenvalue weighted by Gasteiger charge is -2.26. The summed E-state index contributed by atoms with van der Waals surface area (Å²) < 4.78 is 0. The number of ketones is 1. The first-order chi connectivity index (χ1) is 17.1. The molecule has 3 aromatic carbocycles. The highest BCUT2D eigenvalue weighted by Crippen LogP contribution is 2.43. The van der Waals surface area contributed by atoms with Crippen molar-refractivity contribution in [2.45, 2.75) is 6.04 Å². The van der Waals surface area contributed by atoms with Crippen LogP contribution in [0.25, 0.3) is 5.76 Å². The number of benzene rings is 3. The third kappa shape index (κ3) is 4.38. The SMILES string of the molecule is CN(C)c1ccc(C2/C(=C(/O)c3cccc([N+](=O)[O-])c3)C(=O)C(=O)N2c2ccc(N(C)C)cc2)cc1. The summed E-state index contributed by atoms with van der Waals surface area (Å²) in [6.45, 7) is 0. The van der Waals surface area contributed by atoms with Crippen LogP contribution in [0.5, 0.6) is 0 Å². The zero-order valence-corrected chi connectivity index (χ0v) is 20.4. The lowest BCUT2D eigenvalue weighted by Crippen LogP contribution is -2.29. The van der Waals surface area contributed by atoms with Gasteiger partial charge in [-0.2, -0.15) is 0 Å². The van der Waals surface area contributed by atoms with Crippen LogP contribution < -0.4 is 14.7 Å². The van der Waals surface area contributed by atoms with Crippen LogP contribution >= 0.6 is 0 Å². The van der Waals surface area contributed by atoms with Crippen LogP contribution in [0.4, 0.5) is 22.7 Å². The van der Waals surface area contributed by atoms with E-state index in [1.54, 1.807) is 24.3 Å². The number of carbonyl (C=O) groups excluding carboxylic acids is 2. The van der Waals surface area contributed by atoms with Crippen LogP contribution in [0, 0.1) is 10.1 Å². The van der Waals surface area contributed by atoms with E-state index in [0.717, 1.165) is 11.4 Å². The highest BCUT2D eigenvalue weighted by molar-refractivity contribution is 6.51. The van der Waals surface area contributed by atoms with E-state index in [9.17, 15) is 24.8 Å². The molecule has 0 saturated carbocycles. The van der Waals surface area contributed by atoms with Gasteiger partial charge in [0.25, 0.3) is 17.4 Å². The number of nitrogens with zero attached hydrogens (tertiary/aromatic N) is 4. The second-order valence-electron chi connectivity index (χ2n) is 8.87. The zero-order chi connectivity index (χ0) is 26.1. The number of amides is 1. The Hall–Kier alpha value is -4.66. The number of hydrogen-bond donors (Lipinski definition) is 1. The van der Waals surface area contributed by atoms with Crippen molar-refractivity contribution in [2.75, 3.05) is 42.9 Å². The smallest absolute Gasteiger partial charge is 0.300 e. The largest absolute Gasteiger partial charge is 0.507 e. The molecule has 1 amide bonds. The standard InChI is InChI=1S/C27H26N4O5/c1-28(2)19-10-8-17(9-11-19)24-23(25(32)18-6-5-7-22(16-18)31(35)36)26(33)27(34)30(24)21-14-12-20(13-15-21)29(3)4/h5-16,24,32H,1-4H3/b25-23-. The Balaban J connectivity index is 1.91. The van der Waals surface area contributed by atoms with E-state index < -0.39 is 28.4 Å². The maximum absolute atomic E-state index is 13.3. The molecule has 36 heavy (non-hydrogen) atoms. The van der Waals surface area contributed by atoms with E-state index >= 15 is 0 Å². The summed E-state index contributed by atoms with van der Waals surface area (Å²) >= 11 is 0. The van der Waals surface area contributed by atoms with Gasteiger partial charge < -0.3 is 14.9 Å². The van der Waals surface area contributed by atoms with E-state index in [1.165, 1.54) is 29.2 Å². The molecular formula is C27H26N4O5. The van der Waals surface area contributed by atoms with Crippen LogP contribution in [-0.4, -0.2) is 49.9 Å². The van der Waals surface area contributed by atoms with Gasteiger partial charge in [-0.05, 0) is 42.0 Å². The van der Waals surface area contributed by atoms with Gasteiger partial charge in [-0.3, -0.25) is 24.6 Å². The summed E-state index contributed by atoms with van der Waals surface area (Å²) in [5, 5.41) is 22.5. The van der Waals surface area contributed by atoms with Gasteiger partial charge in [-0.1, -0.05) is 24.3 Å². The predicted octanol–water partition coefficient (Wildman–Crippen LogP) is 4.35. The van der Waals surface area contributed by atoms with E-state index in [-0.39, 0.29) is 16.8 Å². The lowest BCUT2D eigenvalue weighted by atomic mass is 9.94. The third-order valence-electron chi connectivity index (χ3n) is 6.14. The van der Waals surface area contributed by atoms with Gasteiger partial charge in [0.05, 0.1) is 16.5 Å². The molecular weight excluding hydrogens is 460 g/mol. The first-order valence-electron chi connectivity index (χ1n) is 11.2. The molecule has 0 bridgehead atoms. The molecule has 1 atom stereocenters. The maximum Gasteiger partial charge on any atom is 0.300 e. The highest BCUT2D eigenvalue weighted by Gasteiger charge is 2.47. The normalized spacial score (nSPS) is 16.8. The van der Waals surface area contributed by atoms with Crippen molar-refractivity contribution in [2.24, 2.45) is 0 Å². The number of aliphatic hydroxyl groups is 1. The van der Waals surface area contributed by atoms with Gasteiger partial charge in [-0.15, -0.1) is 0 Å². The first kappa shape index (κ1) is 24.5. The molecule has 1 N–H and O–H groups in total. The molecule has 3 aromatic rings. The third-order valence-corrected chi connectivity index (χ3v) is 6.14. The molecule has 1 heterocycles. The molecule has 0 radical (unpaired) electrons. The Morgan fingerprint density at radius 3 is 1.97 bits per heavy atom. The predicted molar refractivity (Wildman–Crippen MR) is 139 cm³/mol. The second-order valence-corrected chi connectivity index (χ2v) is 8.87. The van der Waals surface area contributed by atoms with Crippen molar-refractivity contribution < 1.29 is 19.6 Å². The van der Waals surface area contributed by atoms with Crippen molar-refractivity contribution in [3.05, 3.63) is 99.6 Å². The molecule has 0 aliphatic carbocycles. The molecule has 184 valence electrons. The minimum Gasteiger partial charge on any atom is -0.507 e. The van der Waals surface area contributed by atoms with Gasteiger partial charge in [-0.25, -0.2) is 0 Å². The number of rotatable bonds is 6. The fraction of sp³-hybridized carbons (Fsp3) is 0.185. The molecule has 9 nitrogen and oxygen atoms in total. The van der Waals surface area contributed by atoms with Crippen molar-refractivity contribution in [1.29, 1.82) is 0 Å². The number of aliphatic hydroxyl groups excluding tert-OH is 1. The fourth-order valence-electron chi connectivity index (χ4n) is 4.20. The number of carbonyl (C=O) groups is 2. The fourth-order valence-corrected chi connectivity index (χ4v) is 4.20. The van der Waals surface area contributed by atoms with E-state index in [0.29, 0.717) is 11.3 Å².